The van der Waals surface area contributed by atoms with Crippen molar-refractivity contribution in [3.63, 3.8) is 0 Å². The van der Waals surface area contributed by atoms with Crippen LogP contribution < -0.4 is 10.1 Å². The fourth-order valence-corrected chi connectivity index (χ4v) is 1.58. The van der Waals surface area contributed by atoms with E-state index >= 15 is 0 Å². The molecule has 0 aliphatic heterocycles. The third kappa shape index (κ3) is 3.26. The first-order chi connectivity index (χ1) is 9.10. The minimum Gasteiger partial charge on any atom is -0.439 e. The SMILES string of the molecule is CNC(C)c1ccnc(Oc2ccc(F)c(F)c2)c1. The van der Waals surface area contributed by atoms with Gasteiger partial charge in [0.05, 0.1) is 0 Å². The van der Waals surface area contributed by atoms with Crippen LogP contribution >= 0.6 is 0 Å². The Labute approximate surface area is 110 Å². The van der Waals surface area contributed by atoms with E-state index in [2.05, 4.69) is 10.3 Å². The first kappa shape index (κ1) is 13.4. The van der Waals surface area contributed by atoms with E-state index in [1.165, 1.54) is 6.07 Å². The van der Waals surface area contributed by atoms with Gasteiger partial charge in [0.15, 0.2) is 11.6 Å². The molecule has 3 nitrogen and oxygen atoms in total. The lowest BCUT2D eigenvalue weighted by Gasteiger charge is -2.11. The van der Waals surface area contributed by atoms with Crippen molar-refractivity contribution in [1.29, 1.82) is 0 Å². The molecule has 0 fully saturated rings. The number of ether oxygens (including phenoxy) is 1. The molecule has 1 heterocycles. The zero-order valence-electron chi connectivity index (χ0n) is 10.7. The Morgan fingerprint density at radius 1 is 1.16 bits per heavy atom. The molecule has 0 radical (unpaired) electrons. The van der Waals surface area contributed by atoms with Crippen LogP contribution in [0.2, 0.25) is 0 Å². The Balaban J connectivity index is 2.20. The van der Waals surface area contributed by atoms with Crippen molar-refractivity contribution in [2.45, 2.75) is 13.0 Å². The second-order valence-electron chi connectivity index (χ2n) is 4.12. The standard InChI is InChI=1S/C14H14F2N2O/c1-9(17-2)10-5-6-18-14(7-10)19-11-3-4-12(15)13(16)8-11/h3-9,17H,1-2H3. The summed E-state index contributed by atoms with van der Waals surface area (Å²) >= 11 is 0. The summed E-state index contributed by atoms with van der Waals surface area (Å²) in [6, 6.07) is 7.13. The third-order valence-corrected chi connectivity index (χ3v) is 2.81. The highest BCUT2D eigenvalue weighted by Gasteiger charge is 2.07. The highest BCUT2D eigenvalue weighted by molar-refractivity contribution is 5.30. The molecule has 5 heteroatoms. The normalized spacial score (nSPS) is 12.2. The van der Waals surface area contributed by atoms with Gasteiger partial charge in [0.25, 0.3) is 0 Å². The number of nitrogens with zero attached hydrogens (tertiary/aromatic N) is 1. The molecular weight excluding hydrogens is 250 g/mol. The molecular formula is C14H14F2N2O. The van der Waals surface area contributed by atoms with E-state index in [1.54, 1.807) is 12.3 Å². The largest absolute Gasteiger partial charge is 0.439 e. The minimum atomic E-state index is -0.947. The second-order valence-corrected chi connectivity index (χ2v) is 4.12. The average molecular weight is 264 g/mol. The number of aromatic nitrogens is 1. The molecule has 2 aromatic rings. The Morgan fingerprint density at radius 2 is 1.95 bits per heavy atom. The monoisotopic (exact) mass is 264 g/mol. The van der Waals surface area contributed by atoms with Gasteiger partial charge in [0.1, 0.15) is 5.75 Å². The highest BCUT2D eigenvalue weighted by Crippen LogP contribution is 2.23. The van der Waals surface area contributed by atoms with Crippen LogP contribution in [-0.4, -0.2) is 12.0 Å². The fourth-order valence-electron chi connectivity index (χ4n) is 1.58. The first-order valence-corrected chi connectivity index (χ1v) is 5.86. The molecule has 1 aromatic carbocycles. The van der Waals surface area contributed by atoms with Crippen molar-refractivity contribution in [3.8, 4) is 11.6 Å². The summed E-state index contributed by atoms with van der Waals surface area (Å²) in [4.78, 5) is 4.04. The lowest BCUT2D eigenvalue weighted by Crippen LogP contribution is -2.12. The summed E-state index contributed by atoms with van der Waals surface area (Å²) in [6.07, 6.45) is 1.61. The van der Waals surface area contributed by atoms with Crippen molar-refractivity contribution in [2.75, 3.05) is 7.05 Å². The molecule has 0 spiro atoms. The topological polar surface area (TPSA) is 34.2 Å². The van der Waals surface area contributed by atoms with Gasteiger partial charge in [-0.3, -0.25) is 0 Å². The summed E-state index contributed by atoms with van der Waals surface area (Å²) in [7, 11) is 1.85. The number of rotatable bonds is 4. The summed E-state index contributed by atoms with van der Waals surface area (Å²) < 4.78 is 31.3. The molecule has 1 aromatic heterocycles. The Bertz CT molecular complexity index is 575. The number of hydrogen-bond acceptors (Lipinski definition) is 3. The molecule has 0 amide bonds. The molecule has 100 valence electrons. The van der Waals surface area contributed by atoms with Crippen LogP contribution in [0.25, 0.3) is 0 Å². The van der Waals surface area contributed by atoms with E-state index < -0.39 is 11.6 Å². The van der Waals surface area contributed by atoms with Crippen LogP contribution in [-0.2, 0) is 0 Å². The summed E-state index contributed by atoms with van der Waals surface area (Å²) in [5.74, 6) is -1.30. The molecule has 1 unspecified atom stereocenters. The van der Waals surface area contributed by atoms with Crippen molar-refractivity contribution >= 4 is 0 Å². The minimum absolute atomic E-state index is 0.148. The van der Waals surface area contributed by atoms with Gasteiger partial charge >= 0.3 is 0 Å². The lowest BCUT2D eigenvalue weighted by atomic mass is 10.1. The van der Waals surface area contributed by atoms with E-state index in [1.807, 2.05) is 20.0 Å². The quantitative estimate of drug-likeness (QED) is 0.918. The summed E-state index contributed by atoms with van der Waals surface area (Å²) in [6.45, 7) is 2.00. The third-order valence-electron chi connectivity index (χ3n) is 2.81. The van der Waals surface area contributed by atoms with Gasteiger partial charge in [-0.2, -0.15) is 0 Å². The zero-order valence-corrected chi connectivity index (χ0v) is 10.7. The Kier molecular flexibility index (Phi) is 4.06. The number of benzene rings is 1. The lowest BCUT2D eigenvalue weighted by molar-refractivity contribution is 0.446. The molecule has 1 N–H and O–H groups in total. The van der Waals surface area contributed by atoms with Crippen LogP contribution in [0.1, 0.15) is 18.5 Å². The van der Waals surface area contributed by atoms with E-state index in [0.717, 1.165) is 17.7 Å². The zero-order chi connectivity index (χ0) is 13.8. The van der Waals surface area contributed by atoms with Gasteiger partial charge < -0.3 is 10.1 Å². The van der Waals surface area contributed by atoms with Crippen LogP contribution in [0.3, 0.4) is 0 Å². The number of nitrogens with one attached hydrogen (secondary N) is 1. The van der Waals surface area contributed by atoms with Crippen molar-refractivity contribution in [1.82, 2.24) is 10.3 Å². The van der Waals surface area contributed by atoms with E-state index in [9.17, 15) is 8.78 Å². The van der Waals surface area contributed by atoms with E-state index in [-0.39, 0.29) is 11.8 Å². The maximum absolute atomic E-state index is 13.1. The van der Waals surface area contributed by atoms with Crippen LogP contribution in [0.15, 0.2) is 36.5 Å². The number of hydrogen-bond donors (Lipinski definition) is 1. The maximum atomic E-state index is 13.1. The van der Waals surface area contributed by atoms with Crippen molar-refractivity contribution in [3.05, 3.63) is 53.7 Å². The van der Waals surface area contributed by atoms with Gasteiger partial charge in [-0.1, -0.05) is 0 Å². The van der Waals surface area contributed by atoms with Crippen LogP contribution in [0.5, 0.6) is 11.6 Å². The highest BCUT2D eigenvalue weighted by atomic mass is 19.2. The molecule has 2 rings (SSSR count). The smallest absolute Gasteiger partial charge is 0.219 e. The predicted molar refractivity (Wildman–Crippen MR) is 68.1 cm³/mol. The van der Waals surface area contributed by atoms with Crippen LogP contribution in [0, 0.1) is 11.6 Å². The average Bonchev–Trinajstić information content (AvgIpc) is 2.42. The van der Waals surface area contributed by atoms with Gasteiger partial charge in [0, 0.05) is 24.4 Å². The van der Waals surface area contributed by atoms with Gasteiger partial charge in [-0.15, -0.1) is 0 Å². The Hall–Kier alpha value is -2.01. The number of halogens is 2. The van der Waals surface area contributed by atoms with E-state index in [4.69, 9.17) is 4.74 Å². The molecule has 19 heavy (non-hydrogen) atoms. The maximum Gasteiger partial charge on any atom is 0.219 e. The first-order valence-electron chi connectivity index (χ1n) is 5.86. The molecule has 0 aliphatic carbocycles. The second kappa shape index (κ2) is 5.75. The molecule has 0 saturated carbocycles. The predicted octanol–water partition coefficient (Wildman–Crippen LogP) is 3.43. The number of pyridine rings is 1. The van der Waals surface area contributed by atoms with Gasteiger partial charge in [-0.05, 0) is 37.7 Å². The molecule has 0 bridgehead atoms. The Morgan fingerprint density at radius 3 is 2.63 bits per heavy atom. The fraction of sp³-hybridized carbons (Fsp3) is 0.214. The molecule has 0 saturated heterocycles. The van der Waals surface area contributed by atoms with Crippen LogP contribution in [0.4, 0.5) is 8.78 Å². The van der Waals surface area contributed by atoms with Crippen molar-refractivity contribution in [2.24, 2.45) is 0 Å². The van der Waals surface area contributed by atoms with Crippen molar-refractivity contribution < 1.29 is 13.5 Å². The molecule has 0 aliphatic rings. The van der Waals surface area contributed by atoms with Gasteiger partial charge in [-0.25, -0.2) is 13.8 Å². The van der Waals surface area contributed by atoms with E-state index in [0.29, 0.717) is 5.88 Å². The summed E-state index contributed by atoms with van der Waals surface area (Å²) in [5.41, 5.74) is 0.995. The molecule has 1 atom stereocenters. The summed E-state index contributed by atoms with van der Waals surface area (Å²) in [5, 5.41) is 3.10. The van der Waals surface area contributed by atoms with Gasteiger partial charge in [0.2, 0.25) is 5.88 Å².